The molecule has 0 amide bonds. The van der Waals surface area contributed by atoms with Crippen LogP contribution in [-0.2, 0) is 0 Å². The van der Waals surface area contributed by atoms with Crippen LogP contribution >= 0.6 is 39.1 Å². The normalized spacial score (nSPS) is 10.6. The van der Waals surface area contributed by atoms with E-state index in [-0.39, 0.29) is 0 Å². The zero-order chi connectivity index (χ0) is 12.6. The monoisotopic (exact) mass is 331 g/mol. The zero-order valence-electron chi connectivity index (χ0n) is 8.84. The van der Waals surface area contributed by atoms with Gasteiger partial charge in [-0.1, -0.05) is 23.2 Å². The number of halogens is 3. The Balaban J connectivity index is 2.60. The highest BCUT2D eigenvalue weighted by molar-refractivity contribution is 9.10. The molecule has 1 heterocycles. The number of nitrogen functional groups attached to an aromatic ring is 1. The largest absolute Gasteiger partial charge is 0.383 e. The van der Waals surface area contributed by atoms with Crippen molar-refractivity contribution in [2.75, 3.05) is 5.73 Å². The molecule has 2 N–H and O–H groups in total. The van der Waals surface area contributed by atoms with Crippen LogP contribution in [0.1, 0.15) is 5.69 Å². The second-order valence-corrected chi connectivity index (χ2v) is 5.16. The molecular weight excluding hydrogens is 325 g/mol. The Morgan fingerprint density at radius 3 is 2.24 bits per heavy atom. The van der Waals surface area contributed by atoms with Crippen molar-refractivity contribution in [2.24, 2.45) is 0 Å². The van der Waals surface area contributed by atoms with Crippen molar-refractivity contribution < 1.29 is 0 Å². The minimum Gasteiger partial charge on any atom is -0.383 e. The molecule has 0 atom stereocenters. The number of rotatable bonds is 1. The van der Waals surface area contributed by atoms with Crippen LogP contribution in [0.15, 0.2) is 22.7 Å². The average Bonchev–Trinajstić information content (AvgIpc) is 2.23. The molecule has 0 saturated heterocycles. The predicted molar refractivity (Wildman–Crippen MR) is 74.3 cm³/mol. The third-order valence-electron chi connectivity index (χ3n) is 2.16. The average molecular weight is 333 g/mol. The summed E-state index contributed by atoms with van der Waals surface area (Å²) in [5.41, 5.74) is 7.28. The van der Waals surface area contributed by atoms with E-state index < -0.39 is 0 Å². The Labute approximate surface area is 117 Å². The van der Waals surface area contributed by atoms with Gasteiger partial charge in [-0.05, 0) is 41.1 Å². The van der Waals surface area contributed by atoms with E-state index in [0.717, 1.165) is 11.3 Å². The Hall–Kier alpha value is -0.840. The third kappa shape index (κ3) is 2.70. The summed E-state index contributed by atoms with van der Waals surface area (Å²) in [6, 6.07) is 5.15. The van der Waals surface area contributed by atoms with Gasteiger partial charge in [0, 0.05) is 15.6 Å². The van der Waals surface area contributed by atoms with Gasteiger partial charge in [0.05, 0.1) is 10.2 Å². The Morgan fingerprint density at radius 2 is 1.71 bits per heavy atom. The molecule has 0 fully saturated rings. The molecule has 88 valence electrons. The molecule has 0 aliphatic carbocycles. The molecule has 1 aromatic heterocycles. The van der Waals surface area contributed by atoms with Crippen molar-refractivity contribution in [1.29, 1.82) is 0 Å². The molecule has 0 aliphatic heterocycles. The number of hydrogen-bond acceptors (Lipinski definition) is 3. The molecule has 0 unspecified atom stereocenters. The van der Waals surface area contributed by atoms with E-state index in [4.69, 9.17) is 28.9 Å². The van der Waals surface area contributed by atoms with Gasteiger partial charge in [-0.3, -0.25) is 0 Å². The third-order valence-corrected chi connectivity index (χ3v) is 3.58. The van der Waals surface area contributed by atoms with Crippen molar-refractivity contribution >= 4 is 44.9 Å². The summed E-state index contributed by atoms with van der Waals surface area (Å²) >= 11 is 15.2. The van der Waals surface area contributed by atoms with Crippen molar-refractivity contribution in [1.82, 2.24) is 9.97 Å². The topological polar surface area (TPSA) is 51.8 Å². The van der Waals surface area contributed by atoms with E-state index in [1.54, 1.807) is 18.2 Å². The van der Waals surface area contributed by atoms with Gasteiger partial charge in [0.1, 0.15) is 5.82 Å². The first kappa shape index (κ1) is 12.6. The number of benzene rings is 1. The van der Waals surface area contributed by atoms with Crippen LogP contribution < -0.4 is 5.73 Å². The molecule has 17 heavy (non-hydrogen) atoms. The van der Waals surface area contributed by atoms with E-state index in [1.807, 2.05) is 6.92 Å². The Kier molecular flexibility index (Phi) is 3.56. The molecule has 0 radical (unpaired) electrons. The predicted octanol–water partition coefficient (Wildman–Crippen LogP) is 4.10. The molecule has 2 aromatic rings. The smallest absolute Gasteiger partial charge is 0.161 e. The van der Waals surface area contributed by atoms with Crippen LogP contribution in [0.4, 0.5) is 5.82 Å². The van der Waals surface area contributed by atoms with E-state index in [0.29, 0.717) is 26.2 Å². The SMILES string of the molecule is Cc1nc(-c2cc(Cl)cc(Cl)c2)nc(N)c1Br. The lowest BCUT2D eigenvalue weighted by atomic mass is 10.2. The van der Waals surface area contributed by atoms with Gasteiger partial charge in [-0.15, -0.1) is 0 Å². The highest BCUT2D eigenvalue weighted by Crippen LogP contribution is 2.28. The lowest BCUT2D eigenvalue weighted by molar-refractivity contribution is 1.10. The van der Waals surface area contributed by atoms with Gasteiger partial charge in [0.2, 0.25) is 0 Å². The summed E-state index contributed by atoms with van der Waals surface area (Å²) in [4.78, 5) is 8.52. The lowest BCUT2D eigenvalue weighted by Crippen LogP contribution is -2.00. The summed E-state index contributed by atoms with van der Waals surface area (Å²) in [7, 11) is 0. The molecule has 0 spiro atoms. The quantitative estimate of drug-likeness (QED) is 0.855. The zero-order valence-corrected chi connectivity index (χ0v) is 11.9. The van der Waals surface area contributed by atoms with Gasteiger partial charge < -0.3 is 5.73 Å². The number of anilines is 1. The summed E-state index contributed by atoms with van der Waals surface area (Å²) in [6.45, 7) is 1.85. The lowest BCUT2D eigenvalue weighted by Gasteiger charge is -2.06. The first-order valence-electron chi connectivity index (χ1n) is 4.73. The van der Waals surface area contributed by atoms with Gasteiger partial charge in [0.25, 0.3) is 0 Å². The fraction of sp³-hybridized carbons (Fsp3) is 0.0909. The van der Waals surface area contributed by atoms with Crippen molar-refractivity contribution in [3.05, 3.63) is 38.4 Å². The van der Waals surface area contributed by atoms with E-state index >= 15 is 0 Å². The standard InChI is InChI=1S/C11H8BrCl2N3/c1-5-9(12)10(15)17-11(16-5)6-2-7(13)4-8(14)3-6/h2-4H,1H3,(H2,15,16,17). The summed E-state index contributed by atoms with van der Waals surface area (Å²) in [6.07, 6.45) is 0. The minimum atomic E-state index is 0.392. The maximum absolute atomic E-state index is 5.93. The van der Waals surface area contributed by atoms with Gasteiger partial charge in [-0.25, -0.2) is 9.97 Å². The molecule has 0 aliphatic rings. The van der Waals surface area contributed by atoms with Crippen molar-refractivity contribution in [3.8, 4) is 11.4 Å². The highest BCUT2D eigenvalue weighted by atomic mass is 79.9. The van der Waals surface area contributed by atoms with Crippen LogP contribution in [0.3, 0.4) is 0 Å². The number of aromatic nitrogens is 2. The first-order chi connectivity index (χ1) is 7.97. The molecule has 2 rings (SSSR count). The molecule has 6 heteroatoms. The van der Waals surface area contributed by atoms with Crippen LogP contribution in [0.2, 0.25) is 10.0 Å². The van der Waals surface area contributed by atoms with Crippen LogP contribution in [-0.4, -0.2) is 9.97 Å². The fourth-order valence-corrected chi connectivity index (χ4v) is 2.10. The Bertz CT molecular complexity index is 544. The maximum atomic E-state index is 5.93. The molecule has 0 bridgehead atoms. The molecule has 0 saturated carbocycles. The summed E-state index contributed by atoms with van der Waals surface area (Å²) in [5.74, 6) is 0.899. The van der Waals surface area contributed by atoms with Crippen LogP contribution in [0, 0.1) is 6.92 Å². The number of nitrogens with two attached hydrogens (primary N) is 1. The maximum Gasteiger partial charge on any atom is 0.161 e. The first-order valence-corrected chi connectivity index (χ1v) is 6.28. The fourth-order valence-electron chi connectivity index (χ4n) is 1.39. The second-order valence-electron chi connectivity index (χ2n) is 3.49. The van der Waals surface area contributed by atoms with Gasteiger partial charge >= 0.3 is 0 Å². The van der Waals surface area contributed by atoms with Gasteiger partial charge in [-0.2, -0.15) is 0 Å². The van der Waals surface area contributed by atoms with Crippen LogP contribution in [0.25, 0.3) is 11.4 Å². The van der Waals surface area contributed by atoms with Crippen LogP contribution in [0.5, 0.6) is 0 Å². The second kappa shape index (κ2) is 4.80. The summed E-state index contributed by atoms with van der Waals surface area (Å²) in [5, 5.41) is 1.07. The summed E-state index contributed by atoms with van der Waals surface area (Å²) < 4.78 is 0.703. The van der Waals surface area contributed by atoms with Crippen molar-refractivity contribution in [2.45, 2.75) is 6.92 Å². The van der Waals surface area contributed by atoms with E-state index in [2.05, 4.69) is 25.9 Å². The minimum absolute atomic E-state index is 0.392. The number of aryl methyl sites for hydroxylation is 1. The highest BCUT2D eigenvalue weighted by Gasteiger charge is 2.09. The van der Waals surface area contributed by atoms with E-state index in [9.17, 15) is 0 Å². The molecular formula is C11H8BrCl2N3. The Morgan fingerprint density at radius 1 is 1.12 bits per heavy atom. The molecule has 3 nitrogen and oxygen atoms in total. The van der Waals surface area contributed by atoms with E-state index in [1.165, 1.54) is 0 Å². The van der Waals surface area contributed by atoms with Gasteiger partial charge in [0.15, 0.2) is 5.82 Å². The number of nitrogens with zero attached hydrogens (tertiary/aromatic N) is 2. The van der Waals surface area contributed by atoms with Crippen molar-refractivity contribution in [3.63, 3.8) is 0 Å². The number of hydrogen-bond donors (Lipinski definition) is 1. The molecule has 1 aromatic carbocycles.